The van der Waals surface area contributed by atoms with Crippen LogP contribution in [-0.4, -0.2) is 35.7 Å². The Balaban J connectivity index is 1.67. The van der Waals surface area contributed by atoms with E-state index >= 15 is 0 Å². The fourth-order valence-electron chi connectivity index (χ4n) is 2.94. The summed E-state index contributed by atoms with van der Waals surface area (Å²) in [5.74, 6) is -0.0698. The Hall–Kier alpha value is -3.95. The molecule has 0 amide bonds. The molecule has 9 nitrogen and oxygen atoms in total. The van der Waals surface area contributed by atoms with Crippen molar-refractivity contribution >= 4 is 23.2 Å². The van der Waals surface area contributed by atoms with Crippen molar-refractivity contribution in [3.63, 3.8) is 0 Å². The minimum absolute atomic E-state index is 0.226. The van der Waals surface area contributed by atoms with Gasteiger partial charge < -0.3 is 15.4 Å². The van der Waals surface area contributed by atoms with Crippen LogP contribution in [0.15, 0.2) is 46.3 Å². The Morgan fingerprint density at radius 1 is 1.28 bits per heavy atom. The van der Waals surface area contributed by atoms with Crippen molar-refractivity contribution in [3.05, 3.63) is 69.2 Å². The van der Waals surface area contributed by atoms with Crippen LogP contribution < -0.4 is 21.7 Å². The van der Waals surface area contributed by atoms with Crippen molar-refractivity contribution in [2.75, 3.05) is 5.32 Å². The van der Waals surface area contributed by atoms with Gasteiger partial charge in [0.1, 0.15) is 17.3 Å². The molecule has 1 aromatic carbocycles. The van der Waals surface area contributed by atoms with Crippen molar-refractivity contribution in [1.29, 1.82) is 0 Å². The molecular weight excluding hydrogens is 377 g/mol. The van der Waals surface area contributed by atoms with Crippen LogP contribution in [0.4, 0.5) is 15.9 Å². The summed E-state index contributed by atoms with van der Waals surface area (Å²) in [4.78, 5) is 25.4. The topological polar surface area (TPSA) is 123 Å². The first kappa shape index (κ1) is 17.2. The molecule has 0 aliphatic heterocycles. The predicted octanol–water partition coefficient (Wildman–Crippen LogP) is 0.945. The second kappa shape index (κ2) is 6.59. The maximum Gasteiger partial charge on any atom is 0.326 e. The van der Waals surface area contributed by atoms with E-state index in [1.165, 1.54) is 12.1 Å². The van der Waals surface area contributed by atoms with E-state index in [2.05, 4.69) is 25.4 Å². The lowest BCUT2D eigenvalue weighted by molar-refractivity contribution is 0.454. The first-order valence-electron chi connectivity index (χ1n) is 9.03. The van der Waals surface area contributed by atoms with Gasteiger partial charge in [-0.25, -0.2) is 14.2 Å². The van der Waals surface area contributed by atoms with Crippen LogP contribution in [0.2, 0.25) is 0 Å². The van der Waals surface area contributed by atoms with Gasteiger partial charge in [-0.15, -0.1) is 0 Å². The molecule has 0 unspecified atom stereocenters. The zero-order valence-electron chi connectivity index (χ0n) is 15.1. The number of hydrogen-bond donors (Lipinski definition) is 4. The molecule has 5 rings (SSSR count). The number of fused-ring (bicyclic) bond motifs is 1. The molecular formula is C19H16FN7O2. The van der Waals surface area contributed by atoms with Crippen LogP contribution in [0, 0.1) is 5.82 Å². The lowest BCUT2D eigenvalue weighted by atomic mass is 10.3. The van der Waals surface area contributed by atoms with Crippen LogP contribution in [0.25, 0.3) is 11.7 Å². The summed E-state index contributed by atoms with van der Waals surface area (Å²) in [5.41, 5.74) is 1.52. The number of halogens is 1. The van der Waals surface area contributed by atoms with Crippen molar-refractivity contribution in [2.45, 2.75) is 18.9 Å². The SMILES string of the molecule is O=c1[nH]c(O)c(/C=c2\cnn3c(=NC4CC4)cc(Nc4ccc(F)cc4)nc23)[nH]1. The van der Waals surface area contributed by atoms with Crippen LogP contribution in [-0.2, 0) is 0 Å². The van der Waals surface area contributed by atoms with Gasteiger partial charge >= 0.3 is 5.69 Å². The van der Waals surface area contributed by atoms with Crippen molar-refractivity contribution in [1.82, 2.24) is 24.6 Å². The summed E-state index contributed by atoms with van der Waals surface area (Å²) in [6.45, 7) is 0. The first-order chi connectivity index (χ1) is 14.0. The number of aromatic amines is 2. The monoisotopic (exact) mass is 393 g/mol. The summed E-state index contributed by atoms with van der Waals surface area (Å²) >= 11 is 0. The van der Waals surface area contributed by atoms with E-state index < -0.39 is 5.69 Å². The average Bonchev–Trinajstić information content (AvgIpc) is 3.33. The largest absolute Gasteiger partial charge is 0.493 e. The van der Waals surface area contributed by atoms with Gasteiger partial charge in [0.25, 0.3) is 0 Å². The predicted molar refractivity (Wildman–Crippen MR) is 103 cm³/mol. The van der Waals surface area contributed by atoms with E-state index in [4.69, 9.17) is 4.99 Å². The molecule has 1 fully saturated rings. The van der Waals surface area contributed by atoms with Gasteiger partial charge in [0.05, 0.1) is 12.2 Å². The third kappa shape index (κ3) is 3.47. The van der Waals surface area contributed by atoms with E-state index in [1.807, 2.05) is 0 Å². The zero-order chi connectivity index (χ0) is 20.0. The van der Waals surface area contributed by atoms with Gasteiger partial charge in [-0.1, -0.05) is 0 Å². The first-order valence-corrected chi connectivity index (χ1v) is 9.03. The van der Waals surface area contributed by atoms with Crippen LogP contribution >= 0.6 is 0 Å². The minimum Gasteiger partial charge on any atom is -0.493 e. The van der Waals surface area contributed by atoms with E-state index in [9.17, 15) is 14.3 Å². The number of imidazole rings is 1. The van der Waals surface area contributed by atoms with Crippen LogP contribution in [0.5, 0.6) is 5.88 Å². The second-order valence-electron chi connectivity index (χ2n) is 6.81. The minimum atomic E-state index is -0.513. The highest BCUT2D eigenvalue weighted by Gasteiger charge is 2.20. The van der Waals surface area contributed by atoms with Gasteiger partial charge in [-0.3, -0.25) is 9.98 Å². The molecule has 1 aliphatic carbocycles. The second-order valence-corrected chi connectivity index (χ2v) is 6.81. The summed E-state index contributed by atoms with van der Waals surface area (Å²) in [5, 5.41) is 17.9. The Morgan fingerprint density at radius 2 is 2.07 bits per heavy atom. The molecule has 3 aromatic heterocycles. The molecule has 146 valence electrons. The van der Waals surface area contributed by atoms with Crippen molar-refractivity contribution in [3.8, 4) is 5.88 Å². The molecule has 0 atom stereocenters. The number of hydrogen-bond acceptors (Lipinski definition) is 6. The number of anilines is 2. The van der Waals surface area contributed by atoms with E-state index in [-0.39, 0.29) is 23.4 Å². The molecule has 0 spiro atoms. The Bertz CT molecular complexity index is 1380. The highest BCUT2D eigenvalue weighted by Crippen LogP contribution is 2.22. The molecule has 29 heavy (non-hydrogen) atoms. The third-order valence-corrected chi connectivity index (χ3v) is 4.49. The van der Waals surface area contributed by atoms with Crippen LogP contribution in [0.1, 0.15) is 18.5 Å². The summed E-state index contributed by atoms with van der Waals surface area (Å²) in [6, 6.07) is 8.00. The lowest BCUT2D eigenvalue weighted by Crippen LogP contribution is -2.19. The zero-order valence-corrected chi connectivity index (χ0v) is 15.1. The van der Waals surface area contributed by atoms with Gasteiger partial charge in [0.15, 0.2) is 11.1 Å². The van der Waals surface area contributed by atoms with Gasteiger partial charge in [0, 0.05) is 17.0 Å². The number of nitrogens with zero attached hydrogens (tertiary/aromatic N) is 4. The number of aromatic nitrogens is 5. The number of rotatable bonds is 4. The Kier molecular flexibility index (Phi) is 3.90. The van der Waals surface area contributed by atoms with Gasteiger partial charge in [-0.05, 0) is 43.2 Å². The standard InChI is InChI=1S/C19H16FN7O2/c20-11-1-3-12(4-2-11)22-15-8-16(23-13-5-6-13)27-17(25-15)10(9-21-27)7-14-18(28)26-19(29)24-14/h1-4,7-9,13,22,28H,5-6H2,(H2,24,26,29)/b10-7+,23-16?. The molecule has 1 aliphatic rings. The van der Waals surface area contributed by atoms with Gasteiger partial charge in [-0.2, -0.15) is 9.61 Å². The average molecular weight is 393 g/mol. The fraction of sp³-hybridized carbons (Fsp3) is 0.158. The molecule has 0 saturated heterocycles. The highest BCUT2D eigenvalue weighted by atomic mass is 19.1. The molecule has 1 saturated carbocycles. The fourth-order valence-corrected chi connectivity index (χ4v) is 2.94. The summed E-state index contributed by atoms with van der Waals surface area (Å²) in [6.07, 6.45) is 5.22. The van der Waals surface area contributed by atoms with Crippen LogP contribution in [0.3, 0.4) is 0 Å². The molecule has 3 heterocycles. The van der Waals surface area contributed by atoms with Gasteiger partial charge in [0.2, 0.25) is 5.88 Å². The number of benzene rings is 1. The lowest BCUT2D eigenvalue weighted by Gasteiger charge is -2.06. The molecule has 4 aromatic rings. The van der Waals surface area contributed by atoms with E-state index in [1.54, 1.807) is 35.0 Å². The maximum absolute atomic E-state index is 13.2. The van der Waals surface area contributed by atoms with Crippen molar-refractivity contribution in [2.24, 2.45) is 4.99 Å². The summed E-state index contributed by atoms with van der Waals surface area (Å²) in [7, 11) is 0. The molecule has 0 radical (unpaired) electrons. The quantitative estimate of drug-likeness (QED) is 0.411. The number of H-pyrrole nitrogens is 2. The summed E-state index contributed by atoms with van der Waals surface area (Å²) < 4.78 is 14.8. The van der Waals surface area contributed by atoms with E-state index in [0.717, 1.165) is 12.8 Å². The smallest absolute Gasteiger partial charge is 0.326 e. The normalized spacial score (nSPS) is 15.3. The Labute approximate surface area is 162 Å². The maximum atomic E-state index is 13.2. The molecule has 10 heteroatoms. The number of nitrogens with one attached hydrogen (secondary N) is 3. The molecule has 4 N–H and O–H groups in total. The number of aromatic hydroxyl groups is 1. The molecule has 0 bridgehead atoms. The van der Waals surface area contributed by atoms with E-state index in [0.29, 0.717) is 27.9 Å². The third-order valence-electron chi connectivity index (χ3n) is 4.49. The Morgan fingerprint density at radius 3 is 2.76 bits per heavy atom. The highest BCUT2D eigenvalue weighted by molar-refractivity contribution is 5.61. The van der Waals surface area contributed by atoms with Crippen molar-refractivity contribution < 1.29 is 9.50 Å².